The highest BCUT2D eigenvalue weighted by atomic mass is 32.2. The van der Waals surface area contributed by atoms with Crippen LogP contribution in [0.2, 0.25) is 0 Å². The maximum atomic E-state index is 12.1. The third-order valence-electron chi connectivity index (χ3n) is 2.41. The van der Waals surface area contributed by atoms with Gasteiger partial charge in [0.15, 0.2) is 0 Å². The van der Waals surface area contributed by atoms with Crippen molar-refractivity contribution in [1.82, 2.24) is 4.72 Å². The average molecular weight is 295 g/mol. The third-order valence-corrected chi connectivity index (χ3v) is 3.93. The van der Waals surface area contributed by atoms with Crippen molar-refractivity contribution in [3.05, 3.63) is 29.3 Å². The van der Waals surface area contributed by atoms with E-state index in [-0.39, 0.29) is 24.4 Å². The van der Waals surface area contributed by atoms with Crippen LogP contribution in [0.15, 0.2) is 23.1 Å². The average Bonchev–Trinajstić information content (AvgIpc) is 2.35. The molecule has 7 heteroatoms. The minimum atomic E-state index is -3.73. The summed E-state index contributed by atoms with van der Waals surface area (Å²) < 4.78 is 26.6. The maximum Gasteiger partial charge on any atom is 0.241 e. The van der Waals surface area contributed by atoms with E-state index in [1.54, 1.807) is 12.1 Å². The maximum absolute atomic E-state index is 12.1. The summed E-state index contributed by atoms with van der Waals surface area (Å²) in [7, 11) is -3.73. The second-order valence-electron chi connectivity index (χ2n) is 4.12. The molecule has 0 aromatic heterocycles. The molecule has 0 fully saturated rings. The molecule has 0 saturated carbocycles. The first-order valence-corrected chi connectivity index (χ1v) is 7.42. The van der Waals surface area contributed by atoms with E-state index < -0.39 is 15.9 Å². The Morgan fingerprint density at radius 3 is 2.70 bits per heavy atom. The van der Waals surface area contributed by atoms with Gasteiger partial charge in [-0.2, -0.15) is 0 Å². The number of carbonyl (C=O) groups excluding carboxylic acids is 1. The molecule has 0 spiro atoms. The van der Waals surface area contributed by atoms with Gasteiger partial charge in [-0.3, -0.25) is 4.79 Å². The molecule has 1 rings (SSSR count). The molecule has 108 valence electrons. The summed E-state index contributed by atoms with van der Waals surface area (Å²) in [4.78, 5) is 10.7. The van der Waals surface area contributed by atoms with Crippen molar-refractivity contribution in [3.63, 3.8) is 0 Å². The van der Waals surface area contributed by atoms with Gasteiger partial charge >= 0.3 is 0 Å². The van der Waals surface area contributed by atoms with E-state index in [4.69, 9.17) is 11.5 Å². The van der Waals surface area contributed by atoms with Gasteiger partial charge in [0, 0.05) is 18.5 Å². The highest BCUT2D eigenvalue weighted by Crippen LogP contribution is 2.16. The first kappa shape index (κ1) is 16.2. The number of primary amides is 1. The Balaban J connectivity index is 3.07. The SMILES string of the molecule is Cc1ccc(S(=O)(=O)NCCC(N)=O)c(C#CCN)c1. The Hall–Kier alpha value is -1.88. The highest BCUT2D eigenvalue weighted by Gasteiger charge is 2.17. The fraction of sp³-hybridized carbons (Fsp3) is 0.308. The first-order valence-electron chi connectivity index (χ1n) is 5.94. The number of hydrogen-bond donors (Lipinski definition) is 3. The lowest BCUT2D eigenvalue weighted by molar-refractivity contribution is -0.117. The lowest BCUT2D eigenvalue weighted by atomic mass is 10.1. The Kier molecular flexibility index (Phi) is 5.70. The monoisotopic (exact) mass is 295 g/mol. The van der Waals surface area contributed by atoms with Gasteiger partial charge in [-0.25, -0.2) is 13.1 Å². The number of benzene rings is 1. The first-order chi connectivity index (χ1) is 9.36. The summed E-state index contributed by atoms with van der Waals surface area (Å²) >= 11 is 0. The summed E-state index contributed by atoms with van der Waals surface area (Å²) in [5, 5.41) is 0. The number of aryl methyl sites for hydroxylation is 1. The molecule has 0 radical (unpaired) electrons. The molecule has 0 aliphatic rings. The zero-order valence-electron chi connectivity index (χ0n) is 11.1. The molecule has 0 aliphatic carbocycles. The predicted octanol–water partition coefficient (Wildman–Crippen LogP) is -0.541. The Bertz CT molecular complexity index is 657. The van der Waals surface area contributed by atoms with Gasteiger partial charge in [0.05, 0.1) is 11.4 Å². The van der Waals surface area contributed by atoms with Crippen LogP contribution in [0.1, 0.15) is 17.5 Å². The number of amides is 1. The van der Waals surface area contributed by atoms with Crippen LogP contribution in [0.5, 0.6) is 0 Å². The van der Waals surface area contributed by atoms with Crippen LogP contribution < -0.4 is 16.2 Å². The lowest BCUT2D eigenvalue weighted by Gasteiger charge is -2.08. The van der Waals surface area contributed by atoms with Crippen molar-refractivity contribution >= 4 is 15.9 Å². The summed E-state index contributed by atoms with van der Waals surface area (Å²) in [5.74, 6) is 4.79. The van der Waals surface area contributed by atoms with E-state index in [1.807, 2.05) is 6.92 Å². The quantitative estimate of drug-likeness (QED) is 0.633. The summed E-state index contributed by atoms with van der Waals surface area (Å²) in [6, 6.07) is 4.82. The smallest absolute Gasteiger partial charge is 0.241 e. The molecule has 1 aromatic carbocycles. The Morgan fingerprint density at radius 1 is 1.40 bits per heavy atom. The van der Waals surface area contributed by atoms with Gasteiger partial charge in [-0.1, -0.05) is 17.9 Å². The molecular weight excluding hydrogens is 278 g/mol. The van der Waals surface area contributed by atoms with Crippen molar-refractivity contribution in [3.8, 4) is 11.8 Å². The molecule has 1 aromatic rings. The molecule has 6 nitrogen and oxygen atoms in total. The van der Waals surface area contributed by atoms with Gasteiger partial charge in [0.2, 0.25) is 15.9 Å². The molecule has 5 N–H and O–H groups in total. The summed E-state index contributed by atoms with van der Waals surface area (Å²) in [6.45, 7) is 1.93. The molecule has 0 bridgehead atoms. The van der Waals surface area contributed by atoms with E-state index in [9.17, 15) is 13.2 Å². The van der Waals surface area contributed by atoms with Gasteiger partial charge < -0.3 is 11.5 Å². The zero-order valence-corrected chi connectivity index (χ0v) is 12.0. The number of hydrogen-bond acceptors (Lipinski definition) is 4. The van der Waals surface area contributed by atoms with Crippen LogP contribution >= 0.6 is 0 Å². The van der Waals surface area contributed by atoms with Crippen LogP contribution in [0.4, 0.5) is 0 Å². The number of nitrogens with two attached hydrogens (primary N) is 2. The highest BCUT2D eigenvalue weighted by molar-refractivity contribution is 7.89. The minimum Gasteiger partial charge on any atom is -0.370 e. The van der Waals surface area contributed by atoms with Gasteiger partial charge in [-0.15, -0.1) is 0 Å². The second kappa shape index (κ2) is 7.05. The van der Waals surface area contributed by atoms with Crippen LogP contribution in [-0.2, 0) is 14.8 Å². The molecule has 0 heterocycles. The predicted molar refractivity (Wildman–Crippen MR) is 76.1 cm³/mol. The van der Waals surface area contributed by atoms with Gasteiger partial charge in [-0.05, 0) is 24.6 Å². The van der Waals surface area contributed by atoms with Crippen molar-refractivity contribution < 1.29 is 13.2 Å². The van der Waals surface area contributed by atoms with Gasteiger partial charge in [0.25, 0.3) is 0 Å². The van der Waals surface area contributed by atoms with E-state index in [1.165, 1.54) is 6.07 Å². The Morgan fingerprint density at radius 2 is 2.10 bits per heavy atom. The van der Waals surface area contributed by atoms with Crippen molar-refractivity contribution in [2.45, 2.75) is 18.2 Å². The number of sulfonamides is 1. The number of carbonyl (C=O) groups is 1. The van der Waals surface area contributed by atoms with E-state index >= 15 is 0 Å². The Labute approximate surface area is 118 Å². The van der Waals surface area contributed by atoms with E-state index in [2.05, 4.69) is 16.6 Å². The summed E-state index contributed by atoms with van der Waals surface area (Å²) in [6.07, 6.45) is -0.0606. The van der Waals surface area contributed by atoms with Crippen LogP contribution in [0.3, 0.4) is 0 Å². The summed E-state index contributed by atoms with van der Waals surface area (Å²) in [5.41, 5.74) is 11.5. The molecule has 0 saturated heterocycles. The van der Waals surface area contributed by atoms with E-state index in [0.717, 1.165) is 5.56 Å². The van der Waals surface area contributed by atoms with Crippen LogP contribution in [0, 0.1) is 18.8 Å². The third kappa shape index (κ3) is 4.66. The zero-order chi connectivity index (χ0) is 15.2. The number of rotatable bonds is 5. The van der Waals surface area contributed by atoms with Crippen molar-refractivity contribution in [1.29, 1.82) is 0 Å². The van der Waals surface area contributed by atoms with Crippen LogP contribution in [0.25, 0.3) is 0 Å². The standard InChI is InChI=1S/C13H17N3O3S/c1-10-4-5-12(11(9-10)3-2-7-14)20(18,19)16-8-6-13(15)17/h4-5,9,16H,6-8,14H2,1H3,(H2,15,17). The number of nitrogens with one attached hydrogen (secondary N) is 1. The molecule has 0 atom stereocenters. The molecule has 1 amide bonds. The van der Waals surface area contributed by atoms with Crippen molar-refractivity contribution in [2.75, 3.05) is 13.1 Å². The molecular formula is C13H17N3O3S. The topological polar surface area (TPSA) is 115 Å². The molecule has 0 unspecified atom stereocenters. The van der Waals surface area contributed by atoms with Gasteiger partial charge in [0.1, 0.15) is 0 Å². The molecule has 0 aliphatic heterocycles. The largest absolute Gasteiger partial charge is 0.370 e. The lowest BCUT2D eigenvalue weighted by Crippen LogP contribution is -2.28. The fourth-order valence-electron chi connectivity index (χ4n) is 1.51. The van der Waals surface area contributed by atoms with Crippen molar-refractivity contribution in [2.24, 2.45) is 11.5 Å². The molecule has 20 heavy (non-hydrogen) atoms. The van der Waals surface area contributed by atoms with Crippen LogP contribution in [-0.4, -0.2) is 27.4 Å². The second-order valence-corrected chi connectivity index (χ2v) is 5.85. The fourth-order valence-corrected chi connectivity index (χ4v) is 2.68. The normalized spacial score (nSPS) is 10.7. The minimum absolute atomic E-state index is 0.0463. The van der Waals surface area contributed by atoms with E-state index in [0.29, 0.717) is 5.56 Å².